The third-order valence-electron chi connectivity index (χ3n) is 6.13. The van der Waals surface area contributed by atoms with Crippen LogP contribution in [0.3, 0.4) is 0 Å². The first kappa shape index (κ1) is 26.0. The summed E-state index contributed by atoms with van der Waals surface area (Å²) < 4.78 is 5.17. The Hall–Kier alpha value is -2.61. The predicted molar refractivity (Wildman–Crippen MR) is 136 cm³/mol. The molecule has 1 amide bonds. The number of benzene rings is 1. The van der Waals surface area contributed by atoms with Gasteiger partial charge in [-0.15, -0.1) is 0 Å². The molecule has 1 fully saturated rings. The first-order valence-electron chi connectivity index (χ1n) is 12.1. The highest BCUT2D eigenvalue weighted by Gasteiger charge is 2.29. The Labute approximate surface area is 207 Å². The zero-order valence-corrected chi connectivity index (χ0v) is 21.8. The van der Waals surface area contributed by atoms with Crippen LogP contribution in [0.4, 0.5) is 5.82 Å². The van der Waals surface area contributed by atoms with E-state index in [1.165, 1.54) is 0 Å². The van der Waals surface area contributed by atoms with Crippen molar-refractivity contribution in [2.75, 3.05) is 38.2 Å². The average Bonchev–Trinajstić information content (AvgIpc) is 2.84. The van der Waals surface area contributed by atoms with Gasteiger partial charge in [-0.1, -0.05) is 30.8 Å². The summed E-state index contributed by atoms with van der Waals surface area (Å²) in [7, 11) is 2.06. The molecule has 3 rings (SSSR count). The summed E-state index contributed by atoms with van der Waals surface area (Å²) in [4.78, 5) is 38.7. The Morgan fingerprint density at radius 1 is 1.24 bits per heavy atom. The maximum atomic E-state index is 13.2. The summed E-state index contributed by atoms with van der Waals surface area (Å²) in [6.45, 7) is 10.4. The number of amides is 1. The molecule has 184 valence electrons. The van der Waals surface area contributed by atoms with E-state index in [0.717, 1.165) is 53.6 Å². The van der Waals surface area contributed by atoms with E-state index in [4.69, 9.17) is 9.72 Å². The number of ether oxygens (including phenoxy) is 1. The number of rotatable bonds is 9. The number of aryl methyl sites for hydroxylation is 1. The molecule has 1 unspecified atom stereocenters. The van der Waals surface area contributed by atoms with Gasteiger partial charge < -0.3 is 14.5 Å². The zero-order valence-electron chi connectivity index (χ0n) is 21.0. The SMILES string of the molecule is CCCN(C)c1nc(SCc2cccc(C(=O)N3CCCC(C(=O)OCC)C3)c2)nc(C)c1C. The fraction of sp³-hybridized carbons (Fsp3) is 0.538. The van der Waals surface area contributed by atoms with Gasteiger partial charge in [0.1, 0.15) is 5.82 Å². The summed E-state index contributed by atoms with van der Waals surface area (Å²) in [5.41, 5.74) is 3.78. The van der Waals surface area contributed by atoms with Crippen molar-refractivity contribution in [1.29, 1.82) is 0 Å². The number of piperidine rings is 1. The maximum Gasteiger partial charge on any atom is 0.310 e. The van der Waals surface area contributed by atoms with Crippen LogP contribution in [0.25, 0.3) is 0 Å². The molecule has 1 aromatic heterocycles. The minimum Gasteiger partial charge on any atom is -0.466 e. The molecule has 0 saturated carbocycles. The van der Waals surface area contributed by atoms with E-state index in [1.807, 2.05) is 31.2 Å². The number of anilines is 1. The topological polar surface area (TPSA) is 75.6 Å². The van der Waals surface area contributed by atoms with Crippen molar-refractivity contribution in [2.24, 2.45) is 5.92 Å². The fourth-order valence-corrected chi connectivity index (χ4v) is 5.03. The quantitative estimate of drug-likeness (QED) is 0.291. The molecule has 1 aliphatic heterocycles. The first-order valence-corrected chi connectivity index (χ1v) is 13.1. The Morgan fingerprint density at radius 2 is 2.03 bits per heavy atom. The second-order valence-corrected chi connectivity index (χ2v) is 9.74. The van der Waals surface area contributed by atoms with Gasteiger partial charge in [0, 0.05) is 49.3 Å². The van der Waals surface area contributed by atoms with Crippen LogP contribution < -0.4 is 4.90 Å². The number of aromatic nitrogens is 2. The summed E-state index contributed by atoms with van der Waals surface area (Å²) in [5, 5.41) is 0.742. The summed E-state index contributed by atoms with van der Waals surface area (Å²) in [6, 6.07) is 7.72. The largest absolute Gasteiger partial charge is 0.466 e. The number of hydrogen-bond donors (Lipinski definition) is 0. The van der Waals surface area contributed by atoms with Crippen molar-refractivity contribution in [3.63, 3.8) is 0 Å². The summed E-state index contributed by atoms with van der Waals surface area (Å²) in [5.74, 6) is 1.17. The standard InChI is InChI=1S/C26H36N4O3S/c1-6-13-29(5)23-18(3)19(4)27-26(28-23)34-17-20-10-8-11-21(15-20)24(31)30-14-9-12-22(16-30)25(32)33-7-2/h8,10-11,15,22H,6-7,9,12-14,16-17H2,1-5H3. The molecule has 0 bridgehead atoms. The van der Waals surface area contributed by atoms with Gasteiger partial charge >= 0.3 is 5.97 Å². The Kier molecular flexibility index (Phi) is 9.33. The Morgan fingerprint density at radius 3 is 2.76 bits per heavy atom. The lowest BCUT2D eigenvalue weighted by molar-refractivity contribution is -0.149. The molecule has 0 N–H and O–H groups in total. The van der Waals surface area contributed by atoms with Crippen LogP contribution >= 0.6 is 11.8 Å². The number of carbonyl (C=O) groups is 2. The normalized spacial score (nSPS) is 15.8. The molecule has 7 nitrogen and oxygen atoms in total. The van der Waals surface area contributed by atoms with Gasteiger partial charge in [0.15, 0.2) is 5.16 Å². The lowest BCUT2D eigenvalue weighted by Gasteiger charge is -2.31. The molecule has 1 aromatic carbocycles. The minimum atomic E-state index is -0.238. The van der Waals surface area contributed by atoms with Gasteiger partial charge in [-0.2, -0.15) is 0 Å². The number of esters is 1. The van der Waals surface area contributed by atoms with E-state index < -0.39 is 0 Å². The molecule has 8 heteroatoms. The molecule has 2 heterocycles. The van der Waals surface area contributed by atoms with Crippen molar-refractivity contribution >= 4 is 29.5 Å². The monoisotopic (exact) mass is 484 g/mol. The van der Waals surface area contributed by atoms with Crippen molar-refractivity contribution in [1.82, 2.24) is 14.9 Å². The smallest absolute Gasteiger partial charge is 0.310 e. The maximum absolute atomic E-state index is 13.2. The third-order valence-corrected chi connectivity index (χ3v) is 7.05. The Balaban J connectivity index is 1.68. The van der Waals surface area contributed by atoms with Crippen LogP contribution in [0.5, 0.6) is 0 Å². The van der Waals surface area contributed by atoms with E-state index >= 15 is 0 Å². The highest BCUT2D eigenvalue weighted by atomic mass is 32.2. The van der Waals surface area contributed by atoms with Crippen molar-refractivity contribution < 1.29 is 14.3 Å². The molecule has 1 atom stereocenters. The lowest BCUT2D eigenvalue weighted by Crippen LogP contribution is -2.42. The van der Waals surface area contributed by atoms with E-state index in [-0.39, 0.29) is 17.8 Å². The second kappa shape index (κ2) is 12.2. The summed E-state index contributed by atoms with van der Waals surface area (Å²) in [6.07, 6.45) is 2.63. The van der Waals surface area contributed by atoms with Crippen molar-refractivity contribution in [2.45, 2.75) is 57.9 Å². The molecule has 1 aliphatic rings. The van der Waals surface area contributed by atoms with Gasteiger partial charge in [0.25, 0.3) is 5.91 Å². The molecular formula is C26H36N4O3S. The van der Waals surface area contributed by atoms with E-state index in [9.17, 15) is 9.59 Å². The molecular weight excluding hydrogens is 448 g/mol. The lowest BCUT2D eigenvalue weighted by atomic mass is 9.97. The number of nitrogens with zero attached hydrogens (tertiary/aromatic N) is 4. The van der Waals surface area contributed by atoms with Gasteiger partial charge in [0.05, 0.1) is 12.5 Å². The van der Waals surface area contributed by atoms with Gasteiger partial charge in [-0.05, 0) is 57.7 Å². The molecule has 0 radical (unpaired) electrons. The second-order valence-electron chi connectivity index (χ2n) is 8.79. The van der Waals surface area contributed by atoms with Gasteiger partial charge in [-0.3, -0.25) is 9.59 Å². The highest BCUT2D eigenvalue weighted by Crippen LogP contribution is 2.26. The van der Waals surface area contributed by atoms with Gasteiger partial charge in [-0.25, -0.2) is 9.97 Å². The zero-order chi connectivity index (χ0) is 24.7. The van der Waals surface area contributed by atoms with Crippen molar-refractivity contribution in [3.05, 3.63) is 46.6 Å². The van der Waals surface area contributed by atoms with Crippen LogP contribution in [0.15, 0.2) is 29.4 Å². The van der Waals surface area contributed by atoms with E-state index in [1.54, 1.807) is 23.6 Å². The molecule has 0 aliphatic carbocycles. The number of carbonyl (C=O) groups excluding carboxylic acids is 2. The first-order chi connectivity index (χ1) is 16.3. The van der Waals surface area contributed by atoms with Crippen LogP contribution in [0, 0.1) is 19.8 Å². The molecule has 2 aromatic rings. The molecule has 1 saturated heterocycles. The van der Waals surface area contributed by atoms with Crippen LogP contribution in [0.1, 0.15) is 60.3 Å². The fourth-order valence-electron chi connectivity index (χ4n) is 4.20. The molecule has 34 heavy (non-hydrogen) atoms. The third kappa shape index (κ3) is 6.50. The number of likely N-dealkylation sites (tertiary alicyclic amines) is 1. The van der Waals surface area contributed by atoms with Crippen molar-refractivity contribution in [3.8, 4) is 0 Å². The molecule has 0 spiro atoms. The van der Waals surface area contributed by atoms with Crippen LogP contribution in [-0.4, -0.2) is 60.0 Å². The average molecular weight is 485 g/mol. The van der Waals surface area contributed by atoms with E-state index in [0.29, 0.717) is 31.0 Å². The summed E-state index contributed by atoms with van der Waals surface area (Å²) >= 11 is 1.58. The minimum absolute atomic E-state index is 0.0354. The number of thioether (sulfide) groups is 1. The van der Waals surface area contributed by atoms with Crippen LogP contribution in [-0.2, 0) is 15.3 Å². The van der Waals surface area contributed by atoms with Gasteiger partial charge in [0.2, 0.25) is 0 Å². The Bertz CT molecular complexity index is 1010. The predicted octanol–water partition coefficient (Wildman–Crippen LogP) is 4.65. The number of hydrogen-bond acceptors (Lipinski definition) is 7. The highest BCUT2D eigenvalue weighted by molar-refractivity contribution is 7.98. The van der Waals surface area contributed by atoms with Crippen LogP contribution in [0.2, 0.25) is 0 Å². The van der Waals surface area contributed by atoms with E-state index in [2.05, 4.69) is 30.8 Å².